The van der Waals surface area contributed by atoms with Gasteiger partial charge in [-0.05, 0) is 6.92 Å². The minimum Gasteiger partial charge on any atom is -0.477 e. The van der Waals surface area contributed by atoms with E-state index in [0.29, 0.717) is 0 Å². The zero-order chi connectivity index (χ0) is 16.2. The van der Waals surface area contributed by atoms with E-state index in [2.05, 4.69) is 4.74 Å². The van der Waals surface area contributed by atoms with Gasteiger partial charge in [-0.3, -0.25) is 10.1 Å². The van der Waals surface area contributed by atoms with Crippen LogP contribution in [0.1, 0.15) is 17.3 Å². The average molecular weight is 338 g/mol. The second kappa shape index (κ2) is 7.09. The maximum atomic E-state index is 11.2. The number of halogens is 2. The highest BCUT2D eigenvalue weighted by Crippen LogP contribution is 2.40. The summed E-state index contributed by atoms with van der Waals surface area (Å²) in [4.78, 5) is 32.4. The highest BCUT2D eigenvalue weighted by Gasteiger charge is 2.29. The summed E-state index contributed by atoms with van der Waals surface area (Å²) in [7, 11) is 0. The molecule has 0 saturated heterocycles. The minimum atomic E-state index is -1.58. The lowest BCUT2D eigenvalue weighted by Gasteiger charge is -2.11. The van der Waals surface area contributed by atoms with Crippen LogP contribution in [0.4, 0.5) is 5.69 Å². The molecule has 0 aliphatic rings. The first-order chi connectivity index (χ1) is 9.79. The number of nitrogens with zero attached hydrogens (tertiary/aromatic N) is 1. The van der Waals surface area contributed by atoms with Crippen LogP contribution in [0.25, 0.3) is 0 Å². The zero-order valence-corrected chi connectivity index (χ0v) is 12.1. The smallest absolute Gasteiger partial charge is 0.344 e. The number of carbonyl (C=O) groups excluding carboxylic acids is 1. The highest BCUT2D eigenvalue weighted by atomic mass is 35.5. The first-order valence-electron chi connectivity index (χ1n) is 5.47. The van der Waals surface area contributed by atoms with E-state index in [9.17, 15) is 19.7 Å². The lowest BCUT2D eigenvalue weighted by molar-refractivity contribution is -0.385. The summed E-state index contributed by atoms with van der Waals surface area (Å²) in [5.74, 6) is -3.05. The van der Waals surface area contributed by atoms with Crippen LogP contribution in [0.3, 0.4) is 0 Å². The van der Waals surface area contributed by atoms with Crippen LogP contribution >= 0.6 is 23.2 Å². The number of ether oxygens (including phenoxy) is 2. The summed E-state index contributed by atoms with van der Waals surface area (Å²) in [6.07, 6.45) is 0. The molecule has 8 nitrogen and oxygen atoms in total. The molecule has 114 valence electrons. The minimum absolute atomic E-state index is 0.0808. The fourth-order valence-electron chi connectivity index (χ4n) is 1.40. The van der Waals surface area contributed by atoms with Gasteiger partial charge in [0.2, 0.25) is 5.75 Å². The number of hydrogen-bond acceptors (Lipinski definition) is 6. The van der Waals surface area contributed by atoms with E-state index in [0.717, 1.165) is 6.07 Å². The molecule has 0 aliphatic heterocycles. The molecule has 0 atom stereocenters. The van der Waals surface area contributed by atoms with E-state index in [1.807, 2.05) is 0 Å². The van der Waals surface area contributed by atoms with Crippen LogP contribution in [0.15, 0.2) is 6.07 Å². The molecule has 1 rings (SSSR count). The molecule has 0 radical (unpaired) electrons. The van der Waals surface area contributed by atoms with Crippen molar-refractivity contribution in [3.8, 4) is 5.75 Å². The summed E-state index contributed by atoms with van der Waals surface area (Å²) < 4.78 is 9.48. The molecule has 0 fully saturated rings. The number of rotatable bonds is 6. The van der Waals surface area contributed by atoms with Gasteiger partial charge in [0.25, 0.3) is 0 Å². The van der Waals surface area contributed by atoms with Crippen LogP contribution in [0, 0.1) is 10.1 Å². The molecular formula is C11H9Cl2NO7. The maximum absolute atomic E-state index is 11.2. The van der Waals surface area contributed by atoms with E-state index >= 15 is 0 Å². The topological polar surface area (TPSA) is 116 Å². The van der Waals surface area contributed by atoms with Crippen molar-refractivity contribution in [1.82, 2.24) is 0 Å². The summed E-state index contributed by atoms with van der Waals surface area (Å²) in [6, 6.07) is 0.844. The van der Waals surface area contributed by atoms with Gasteiger partial charge >= 0.3 is 17.6 Å². The number of aromatic carboxylic acids is 1. The van der Waals surface area contributed by atoms with Crippen molar-refractivity contribution in [2.75, 3.05) is 13.2 Å². The van der Waals surface area contributed by atoms with Gasteiger partial charge in [-0.15, -0.1) is 0 Å². The van der Waals surface area contributed by atoms with Gasteiger partial charge in [-0.1, -0.05) is 23.2 Å². The predicted molar refractivity (Wildman–Crippen MR) is 72.2 cm³/mol. The molecule has 1 aromatic carbocycles. The van der Waals surface area contributed by atoms with E-state index < -0.39 is 45.5 Å². The van der Waals surface area contributed by atoms with E-state index in [-0.39, 0.29) is 11.6 Å². The molecule has 0 spiro atoms. The Kier molecular flexibility index (Phi) is 5.74. The van der Waals surface area contributed by atoms with Gasteiger partial charge in [0.05, 0.1) is 21.6 Å². The number of carboxylic acid groups (broad SMARTS) is 1. The van der Waals surface area contributed by atoms with Gasteiger partial charge in [0.1, 0.15) is 5.56 Å². The van der Waals surface area contributed by atoms with Crippen LogP contribution in [0.2, 0.25) is 10.0 Å². The average Bonchev–Trinajstić information content (AvgIpc) is 2.39. The predicted octanol–water partition coefficient (Wildman–Crippen LogP) is 2.54. The van der Waals surface area contributed by atoms with Gasteiger partial charge in [-0.25, -0.2) is 9.59 Å². The highest BCUT2D eigenvalue weighted by molar-refractivity contribution is 6.44. The summed E-state index contributed by atoms with van der Waals surface area (Å²) in [5.41, 5.74) is -1.41. The summed E-state index contributed by atoms with van der Waals surface area (Å²) >= 11 is 11.4. The number of nitro benzene ring substituents is 1. The lowest BCUT2D eigenvalue weighted by atomic mass is 10.1. The van der Waals surface area contributed by atoms with Crippen molar-refractivity contribution in [2.24, 2.45) is 0 Å². The van der Waals surface area contributed by atoms with E-state index in [1.54, 1.807) is 6.92 Å². The lowest BCUT2D eigenvalue weighted by Crippen LogP contribution is -2.17. The SMILES string of the molecule is CCOC(=O)COc1c([N+](=O)[O-])cc(Cl)c(Cl)c1C(=O)O. The molecule has 0 unspecified atom stereocenters. The Bertz CT molecular complexity index is 603. The molecule has 1 aromatic rings. The Balaban J connectivity index is 3.31. The number of esters is 1. The number of benzene rings is 1. The zero-order valence-electron chi connectivity index (χ0n) is 10.6. The first-order valence-corrected chi connectivity index (χ1v) is 6.23. The Morgan fingerprint density at radius 1 is 1.43 bits per heavy atom. The molecule has 0 aromatic heterocycles. The molecule has 10 heteroatoms. The number of carboxylic acids is 1. The van der Waals surface area contributed by atoms with Crippen molar-refractivity contribution < 1.29 is 29.1 Å². The number of hydrogen-bond donors (Lipinski definition) is 1. The quantitative estimate of drug-likeness (QED) is 0.481. The first kappa shape index (κ1) is 17.0. The molecule has 1 N–H and O–H groups in total. The van der Waals surface area contributed by atoms with Gasteiger partial charge in [0.15, 0.2) is 6.61 Å². The summed E-state index contributed by atoms with van der Waals surface area (Å²) in [5, 5.41) is 19.3. The molecule has 0 bridgehead atoms. The van der Waals surface area contributed by atoms with Crippen LogP contribution < -0.4 is 4.74 Å². The Labute approximate surface area is 128 Å². The Hall–Kier alpha value is -2.06. The Morgan fingerprint density at radius 2 is 2.05 bits per heavy atom. The molecule has 0 saturated carbocycles. The molecule has 0 aliphatic carbocycles. The number of carbonyl (C=O) groups is 2. The van der Waals surface area contributed by atoms with Crippen molar-refractivity contribution in [3.05, 3.63) is 31.8 Å². The van der Waals surface area contributed by atoms with Gasteiger partial charge in [-0.2, -0.15) is 0 Å². The third-order valence-electron chi connectivity index (χ3n) is 2.20. The van der Waals surface area contributed by atoms with Crippen LogP contribution in [0.5, 0.6) is 5.75 Å². The number of nitro groups is 1. The molecular weight excluding hydrogens is 329 g/mol. The molecule has 21 heavy (non-hydrogen) atoms. The second-order valence-corrected chi connectivity index (χ2v) is 4.34. The van der Waals surface area contributed by atoms with E-state index in [4.69, 9.17) is 33.0 Å². The fourth-order valence-corrected chi connectivity index (χ4v) is 1.82. The van der Waals surface area contributed by atoms with Gasteiger partial charge in [0, 0.05) is 6.07 Å². The molecule has 0 heterocycles. The Morgan fingerprint density at radius 3 is 2.52 bits per heavy atom. The van der Waals surface area contributed by atoms with Crippen LogP contribution in [-0.4, -0.2) is 35.2 Å². The standard InChI is InChI=1S/C11H9Cl2NO7/c1-2-20-7(15)4-21-10-6(14(18)19)3-5(12)9(13)8(10)11(16)17/h3H,2,4H2,1H3,(H,16,17). The largest absolute Gasteiger partial charge is 0.477 e. The van der Waals surface area contributed by atoms with Crippen molar-refractivity contribution >= 4 is 40.8 Å². The van der Waals surface area contributed by atoms with Crippen molar-refractivity contribution in [1.29, 1.82) is 0 Å². The van der Waals surface area contributed by atoms with Crippen molar-refractivity contribution in [2.45, 2.75) is 6.92 Å². The normalized spacial score (nSPS) is 10.0. The second-order valence-electron chi connectivity index (χ2n) is 3.55. The fraction of sp³-hybridized carbons (Fsp3) is 0.273. The molecule has 0 amide bonds. The summed E-state index contributed by atoms with van der Waals surface area (Å²) in [6.45, 7) is 0.937. The third-order valence-corrected chi connectivity index (χ3v) is 2.99. The monoisotopic (exact) mass is 337 g/mol. The van der Waals surface area contributed by atoms with E-state index in [1.165, 1.54) is 0 Å². The maximum Gasteiger partial charge on any atom is 0.344 e. The van der Waals surface area contributed by atoms with Gasteiger partial charge < -0.3 is 14.6 Å². The third kappa shape index (κ3) is 3.96. The van der Waals surface area contributed by atoms with Crippen molar-refractivity contribution in [3.63, 3.8) is 0 Å². The van der Waals surface area contributed by atoms with Crippen LogP contribution in [-0.2, 0) is 9.53 Å².